The predicted octanol–water partition coefficient (Wildman–Crippen LogP) is 3.27. The van der Waals surface area contributed by atoms with Crippen molar-refractivity contribution in [3.63, 3.8) is 0 Å². The fraction of sp³-hybridized carbons (Fsp3) is 0.300. The van der Waals surface area contributed by atoms with Crippen molar-refractivity contribution in [1.82, 2.24) is 0 Å². The topological polar surface area (TPSA) is 86.0 Å². The highest BCUT2D eigenvalue weighted by molar-refractivity contribution is 6.08. The molecule has 1 aromatic heterocycles. The zero-order valence-electron chi connectivity index (χ0n) is 14.9. The third kappa shape index (κ3) is 3.49. The van der Waals surface area contributed by atoms with E-state index >= 15 is 0 Å². The van der Waals surface area contributed by atoms with Crippen LogP contribution in [-0.2, 0) is 6.42 Å². The standard InChI is InChI=1S/C20H20O6/c1-4-24-17-10-14-7-11(2)25-18(14)9-13(17)5-6-15(21)19-16(22)8-12(3)26-20(19)23/h5-6,8-11,22H,4,7H2,1-3H3/b6-5+/t11-/m1/s1. The number of fused-ring (bicyclic) bond motifs is 1. The van der Waals surface area contributed by atoms with Gasteiger partial charge in [-0.2, -0.15) is 0 Å². The van der Waals surface area contributed by atoms with E-state index < -0.39 is 22.7 Å². The van der Waals surface area contributed by atoms with Gasteiger partial charge < -0.3 is 19.0 Å². The molecule has 0 aliphatic carbocycles. The molecule has 3 rings (SSSR count). The smallest absolute Gasteiger partial charge is 0.351 e. The first-order valence-corrected chi connectivity index (χ1v) is 8.41. The minimum Gasteiger partial charge on any atom is -0.507 e. The van der Waals surface area contributed by atoms with Crippen molar-refractivity contribution in [2.24, 2.45) is 0 Å². The lowest BCUT2D eigenvalue weighted by Crippen LogP contribution is -2.13. The molecule has 0 unspecified atom stereocenters. The van der Waals surface area contributed by atoms with Crippen molar-refractivity contribution in [1.29, 1.82) is 0 Å². The van der Waals surface area contributed by atoms with Gasteiger partial charge in [0.2, 0.25) is 0 Å². The van der Waals surface area contributed by atoms with E-state index in [-0.39, 0.29) is 11.9 Å². The molecule has 1 aromatic carbocycles. The maximum absolute atomic E-state index is 12.3. The Balaban J connectivity index is 1.94. The molecular weight excluding hydrogens is 336 g/mol. The number of ether oxygens (including phenoxy) is 2. The van der Waals surface area contributed by atoms with Gasteiger partial charge in [-0.3, -0.25) is 4.79 Å². The van der Waals surface area contributed by atoms with Gasteiger partial charge in [0.15, 0.2) is 5.78 Å². The van der Waals surface area contributed by atoms with Crippen LogP contribution < -0.4 is 15.1 Å². The highest BCUT2D eigenvalue weighted by Gasteiger charge is 2.22. The summed E-state index contributed by atoms with van der Waals surface area (Å²) in [5.74, 6) is 0.577. The molecule has 0 fully saturated rings. The highest BCUT2D eigenvalue weighted by Crippen LogP contribution is 2.35. The van der Waals surface area contributed by atoms with E-state index in [0.29, 0.717) is 17.9 Å². The first-order chi connectivity index (χ1) is 12.4. The van der Waals surface area contributed by atoms with Gasteiger partial charge >= 0.3 is 5.63 Å². The summed E-state index contributed by atoms with van der Waals surface area (Å²) in [5, 5.41) is 9.88. The SMILES string of the molecule is CCOc1cc2c(cc1/C=C/C(=O)c1c(O)cc(C)oc1=O)O[C@H](C)C2. The molecule has 1 aliphatic heterocycles. The van der Waals surface area contributed by atoms with Crippen LogP contribution in [0.4, 0.5) is 0 Å². The second-order valence-electron chi connectivity index (χ2n) is 6.17. The number of hydrogen-bond acceptors (Lipinski definition) is 6. The molecule has 0 radical (unpaired) electrons. The van der Waals surface area contributed by atoms with E-state index in [9.17, 15) is 14.7 Å². The molecule has 1 aliphatic rings. The fourth-order valence-corrected chi connectivity index (χ4v) is 2.94. The van der Waals surface area contributed by atoms with Crippen LogP contribution in [0.15, 0.2) is 33.5 Å². The van der Waals surface area contributed by atoms with Crippen molar-refractivity contribution < 1.29 is 23.8 Å². The Morgan fingerprint density at radius 1 is 1.38 bits per heavy atom. The molecule has 136 valence electrons. The summed E-state index contributed by atoms with van der Waals surface area (Å²) in [6.45, 7) is 5.86. The van der Waals surface area contributed by atoms with E-state index in [1.807, 2.05) is 26.0 Å². The number of aryl methyl sites for hydroxylation is 1. The molecular formula is C20H20O6. The van der Waals surface area contributed by atoms with Gasteiger partial charge in [0, 0.05) is 23.6 Å². The summed E-state index contributed by atoms with van der Waals surface area (Å²) in [6, 6.07) is 4.95. The van der Waals surface area contributed by atoms with Crippen LogP contribution in [0.25, 0.3) is 6.08 Å². The highest BCUT2D eigenvalue weighted by atomic mass is 16.5. The number of carbonyl (C=O) groups is 1. The molecule has 0 saturated heterocycles. The lowest BCUT2D eigenvalue weighted by molar-refractivity contribution is 0.104. The molecule has 6 nitrogen and oxygen atoms in total. The molecule has 1 N–H and O–H groups in total. The van der Waals surface area contributed by atoms with Crippen LogP contribution >= 0.6 is 0 Å². The first-order valence-electron chi connectivity index (χ1n) is 8.41. The molecule has 1 atom stereocenters. The molecule has 0 amide bonds. The normalized spacial score (nSPS) is 15.7. The maximum atomic E-state index is 12.3. The average molecular weight is 356 g/mol. The van der Waals surface area contributed by atoms with Crippen LogP contribution in [0.2, 0.25) is 0 Å². The van der Waals surface area contributed by atoms with Gasteiger partial charge in [-0.25, -0.2) is 4.79 Å². The van der Waals surface area contributed by atoms with Gasteiger partial charge in [0.1, 0.15) is 34.7 Å². The molecule has 0 saturated carbocycles. The number of benzene rings is 1. The van der Waals surface area contributed by atoms with E-state index in [0.717, 1.165) is 17.7 Å². The number of ketones is 1. The number of aromatic hydroxyl groups is 1. The predicted molar refractivity (Wildman–Crippen MR) is 96.1 cm³/mol. The third-order valence-corrected chi connectivity index (χ3v) is 4.04. The second kappa shape index (κ2) is 7.07. The molecule has 0 bridgehead atoms. The van der Waals surface area contributed by atoms with Gasteiger partial charge in [0.05, 0.1) is 6.61 Å². The number of carbonyl (C=O) groups excluding carboxylic acids is 1. The summed E-state index contributed by atoms with van der Waals surface area (Å²) in [4.78, 5) is 24.2. The largest absolute Gasteiger partial charge is 0.507 e. The minimum atomic E-state index is -0.867. The summed E-state index contributed by atoms with van der Waals surface area (Å²) in [5.41, 5.74) is 0.453. The average Bonchev–Trinajstić information content (AvgIpc) is 2.91. The zero-order valence-corrected chi connectivity index (χ0v) is 14.9. The van der Waals surface area contributed by atoms with E-state index in [1.54, 1.807) is 6.08 Å². The molecule has 0 spiro atoms. The van der Waals surface area contributed by atoms with Crippen LogP contribution in [0, 0.1) is 6.92 Å². The van der Waals surface area contributed by atoms with Gasteiger partial charge in [-0.1, -0.05) is 0 Å². The van der Waals surface area contributed by atoms with Crippen molar-refractivity contribution in [3.05, 3.63) is 57.1 Å². The van der Waals surface area contributed by atoms with Crippen LogP contribution in [-0.4, -0.2) is 23.6 Å². The quantitative estimate of drug-likeness (QED) is 0.654. The Morgan fingerprint density at radius 3 is 2.85 bits per heavy atom. The fourth-order valence-electron chi connectivity index (χ4n) is 2.94. The number of allylic oxidation sites excluding steroid dienone is 1. The zero-order chi connectivity index (χ0) is 18.8. The Bertz CT molecular complexity index is 938. The minimum absolute atomic E-state index is 0.0921. The van der Waals surface area contributed by atoms with Crippen molar-refractivity contribution in [2.45, 2.75) is 33.3 Å². The second-order valence-corrected chi connectivity index (χ2v) is 6.17. The summed E-state index contributed by atoms with van der Waals surface area (Å²) in [6.07, 6.45) is 3.65. The van der Waals surface area contributed by atoms with E-state index in [1.165, 1.54) is 19.1 Å². The summed E-state index contributed by atoms with van der Waals surface area (Å²) >= 11 is 0. The first kappa shape index (κ1) is 17.8. The summed E-state index contributed by atoms with van der Waals surface area (Å²) in [7, 11) is 0. The Hall–Kier alpha value is -3.02. The van der Waals surface area contributed by atoms with Gasteiger partial charge in [-0.05, 0) is 45.1 Å². The van der Waals surface area contributed by atoms with Crippen LogP contribution in [0.1, 0.15) is 41.1 Å². The number of hydrogen-bond donors (Lipinski definition) is 1. The summed E-state index contributed by atoms with van der Waals surface area (Å²) < 4.78 is 16.3. The lowest BCUT2D eigenvalue weighted by atomic mass is 10.0. The lowest BCUT2D eigenvalue weighted by Gasteiger charge is -2.10. The van der Waals surface area contributed by atoms with Crippen molar-refractivity contribution in [2.75, 3.05) is 6.61 Å². The van der Waals surface area contributed by atoms with Gasteiger partial charge in [-0.15, -0.1) is 0 Å². The van der Waals surface area contributed by atoms with Gasteiger partial charge in [0.25, 0.3) is 0 Å². The number of rotatable bonds is 5. The molecule has 2 aromatic rings. The Labute approximate surface area is 150 Å². The Morgan fingerprint density at radius 2 is 2.15 bits per heavy atom. The van der Waals surface area contributed by atoms with Crippen LogP contribution in [0.3, 0.4) is 0 Å². The van der Waals surface area contributed by atoms with E-state index in [4.69, 9.17) is 13.9 Å². The van der Waals surface area contributed by atoms with Crippen molar-refractivity contribution >= 4 is 11.9 Å². The molecule has 2 heterocycles. The van der Waals surface area contributed by atoms with Crippen molar-refractivity contribution in [3.8, 4) is 17.2 Å². The third-order valence-electron chi connectivity index (χ3n) is 4.04. The Kier molecular flexibility index (Phi) is 4.84. The molecule has 26 heavy (non-hydrogen) atoms. The van der Waals surface area contributed by atoms with Crippen LogP contribution in [0.5, 0.6) is 17.2 Å². The molecule has 6 heteroatoms. The monoisotopic (exact) mass is 356 g/mol. The maximum Gasteiger partial charge on any atom is 0.351 e. The van der Waals surface area contributed by atoms with E-state index in [2.05, 4.69) is 0 Å².